The Hall–Kier alpha value is -2.66. The highest BCUT2D eigenvalue weighted by molar-refractivity contribution is 6.12. The number of hydrogen-bond donors (Lipinski definition) is 3. The number of aryl methyl sites for hydroxylation is 1. The SMILES string of the molecule is C=C1C(C=O)=C(C)C[C@@H]2CC3Cc4c(C)ccc(O)c4C(O)=C3C(=O)[C@]12O. The predicted octanol–water partition coefficient (Wildman–Crippen LogP) is 2.94. The molecule has 3 aliphatic rings. The van der Waals surface area contributed by atoms with Gasteiger partial charge in [-0.2, -0.15) is 0 Å². The minimum absolute atomic E-state index is 0.0900. The fraction of sp³-hybridized carbons (Fsp3) is 0.364. The van der Waals surface area contributed by atoms with Crippen LogP contribution in [0.2, 0.25) is 0 Å². The van der Waals surface area contributed by atoms with Crippen molar-refractivity contribution in [2.24, 2.45) is 11.8 Å². The van der Waals surface area contributed by atoms with Gasteiger partial charge in [0.1, 0.15) is 17.8 Å². The van der Waals surface area contributed by atoms with Crippen LogP contribution < -0.4 is 0 Å². The maximum atomic E-state index is 13.4. The zero-order valence-corrected chi connectivity index (χ0v) is 15.4. The molecular formula is C22H22O5. The van der Waals surface area contributed by atoms with Crippen LogP contribution in [-0.4, -0.2) is 33.0 Å². The molecule has 3 atom stereocenters. The molecule has 0 radical (unpaired) electrons. The van der Waals surface area contributed by atoms with Gasteiger partial charge in [0.2, 0.25) is 0 Å². The summed E-state index contributed by atoms with van der Waals surface area (Å²) in [7, 11) is 0. The molecule has 3 aliphatic carbocycles. The molecule has 0 aromatic heterocycles. The molecule has 5 nitrogen and oxygen atoms in total. The second-order valence-electron chi connectivity index (χ2n) is 7.94. The summed E-state index contributed by atoms with van der Waals surface area (Å²) in [4.78, 5) is 24.8. The molecule has 1 aromatic carbocycles. The van der Waals surface area contributed by atoms with Crippen molar-refractivity contribution >= 4 is 17.8 Å². The largest absolute Gasteiger partial charge is 0.507 e. The number of phenols is 1. The van der Waals surface area contributed by atoms with E-state index in [4.69, 9.17) is 0 Å². The van der Waals surface area contributed by atoms with Gasteiger partial charge >= 0.3 is 0 Å². The number of aliphatic hydroxyl groups excluding tert-OH is 1. The van der Waals surface area contributed by atoms with Crippen LogP contribution >= 0.6 is 0 Å². The lowest BCUT2D eigenvalue weighted by atomic mass is 9.57. The minimum Gasteiger partial charge on any atom is -0.507 e. The van der Waals surface area contributed by atoms with Crippen molar-refractivity contribution in [3.8, 4) is 5.75 Å². The van der Waals surface area contributed by atoms with Gasteiger partial charge in [-0.3, -0.25) is 9.59 Å². The van der Waals surface area contributed by atoms with Crippen molar-refractivity contribution in [2.45, 2.75) is 38.7 Å². The van der Waals surface area contributed by atoms with Gasteiger partial charge in [0, 0.05) is 17.1 Å². The fourth-order valence-electron chi connectivity index (χ4n) is 5.07. The van der Waals surface area contributed by atoms with Gasteiger partial charge in [-0.25, -0.2) is 0 Å². The quantitative estimate of drug-likeness (QED) is 0.664. The van der Waals surface area contributed by atoms with Crippen LogP contribution in [0.1, 0.15) is 36.5 Å². The second kappa shape index (κ2) is 5.67. The van der Waals surface area contributed by atoms with Crippen LogP contribution in [-0.2, 0) is 16.0 Å². The van der Waals surface area contributed by atoms with E-state index in [0.29, 0.717) is 25.5 Å². The van der Waals surface area contributed by atoms with Gasteiger partial charge in [0.05, 0.1) is 5.56 Å². The Bertz CT molecular complexity index is 981. The molecule has 0 saturated heterocycles. The molecule has 1 unspecified atom stereocenters. The first-order valence-electron chi connectivity index (χ1n) is 9.08. The standard InChI is InChI=1S/C22H22O5/c1-10-4-5-17(24)19-15(10)8-13-7-14-6-11(2)16(9-23)12(3)22(14,27)21(26)18(13)20(19)25/h4-5,9,13-14,24-25,27H,3,6-8H2,1-2H3/t13?,14-,22+/m1/s1. The first-order valence-corrected chi connectivity index (χ1v) is 9.08. The highest BCUT2D eigenvalue weighted by Crippen LogP contribution is 2.53. The Morgan fingerprint density at radius 3 is 2.59 bits per heavy atom. The number of aldehydes is 1. The van der Waals surface area contributed by atoms with Gasteiger partial charge in [0.25, 0.3) is 0 Å². The van der Waals surface area contributed by atoms with Crippen LogP contribution in [0, 0.1) is 18.8 Å². The third-order valence-electron chi connectivity index (χ3n) is 6.54. The molecular weight excluding hydrogens is 344 g/mol. The monoisotopic (exact) mass is 366 g/mol. The van der Waals surface area contributed by atoms with E-state index in [1.165, 1.54) is 6.07 Å². The molecule has 0 heterocycles. The first kappa shape index (κ1) is 17.7. The number of aliphatic hydroxyl groups is 2. The topological polar surface area (TPSA) is 94.8 Å². The normalized spacial score (nSPS) is 30.0. The number of benzene rings is 1. The fourth-order valence-corrected chi connectivity index (χ4v) is 5.07. The smallest absolute Gasteiger partial charge is 0.199 e. The molecule has 1 fully saturated rings. The lowest BCUT2D eigenvalue weighted by molar-refractivity contribution is -0.139. The van der Waals surface area contributed by atoms with E-state index >= 15 is 0 Å². The molecule has 0 amide bonds. The average molecular weight is 366 g/mol. The maximum Gasteiger partial charge on any atom is 0.199 e. The Kier molecular flexibility index (Phi) is 3.72. The summed E-state index contributed by atoms with van der Waals surface area (Å²) in [5.41, 5.74) is 1.47. The van der Waals surface area contributed by atoms with E-state index in [-0.39, 0.29) is 45.6 Å². The summed E-state index contributed by atoms with van der Waals surface area (Å²) in [5, 5.41) is 32.5. The Morgan fingerprint density at radius 1 is 1.22 bits per heavy atom. The zero-order valence-electron chi connectivity index (χ0n) is 15.4. The third-order valence-corrected chi connectivity index (χ3v) is 6.54. The van der Waals surface area contributed by atoms with E-state index in [2.05, 4.69) is 6.58 Å². The van der Waals surface area contributed by atoms with Crippen molar-refractivity contribution in [3.63, 3.8) is 0 Å². The molecule has 1 aromatic rings. The zero-order chi connectivity index (χ0) is 19.7. The van der Waals surface area contributed by atoms with Gasteiger partial charge in [-0.05, 0) is 61.8 Å². The average Bonchev–Trinajstić information content (AvgIpc) is 2.61. The molecule has 1 saturated carbocycles. The Balaban J connectivity index is 1.92. The van der Waals surface area contributed by atoms with Crippen LogP contribution in [0.25, 0.3) is 5.76 Å². The molecule has 27 heavy (non-hydrogen) atoms. The Labute approximate surface area is 157 Å². The number of rotatable bonds is 1. The van der Waals surface area contributed by atoms with E-state index in [0.717, 1.165) is 16.7 Å². The molecule has 0 aliphatic heterocycles. The van der Waals surface area contributed by atoms with Gasteiger partial charge in [-0.15, -0.1) is 0 Å². The van der Waals surface area contributed by atoms with E-state index in [9.17, 15) is 24.9 Å². The summed E-state index contributed by atoms with van der Waals surface area (Å²) in [5.74, 6) is -1.60. The second-order valence-corrected chi connectivity index (χ2v) is 7.94. The molecule has 4 rings (SSSR count). The van der Waals surface area contributed by atoms with Crippen molar-refractivity contribution in [3.05, 3.63) is 57.7 Å². The highest BCUT2D eigenvalue weighted by atomic mass is 16.3. The summed E-state index contributed by atoms with van der Waals surface area (Å²) in [6.07, 6.45) is 2.08. The number of ketones is 1. The number of carbonyl (C=O) groups is 2. The maximum absolute atomic E-state index is 13.4. The van der Waals surface area contributed by atoms with Crippen LogP contribution in [0.3, 0.4) is 0 Å². The number of hydrogen-bond acceptors (Lipinski definition) is 5. The molecule has 3 N–H and O–H groups in total. The lowest BCUT2D eigenvalue weighted by Crippen LogP contribution is -2.56. The number of allylic oxidation sites excluding steroid dienone is 1. The van der Waals surface area contributed by atoms with Crippen molar-refractivity contribution in [2.75, 3.05) is 0 Å². The van der Waals surface area contributed by atoms with E-state index < -0.39 is 11.4 Å². The predicted molar refractivity (Wildman–Crippen MR) is 100 cm³/mol. The first-order chi connectivity index (χ1) is 12.7. The molecule has 0 bridgehead atoms. The molecule has 0 spiro atoms. The molecule has 140 valence electrons. The lowest BCUT2D eigenvalue weighted by Gasteiger charge is -2.48. The van der Waals surface area contributed by atoms with Crippen LogP contribution in [0.5, 0.6) is 5.75 Å². The number of aromatic hydroxyl groups is 1. The number of fused-ring (bicyclic) bond motifs is 3. The minimum atomic E-state index is -1.90. The van der Waals surface area contributed by atoms with Crippen molar-refractivity contribution in [1.29, 1.82) is 0 Å². The summed E-state index contributed by atoms with van der Waals surface area (Å²) < 4.78 is 0. The Morgan fingerprint density at radius 2 is 1.93 bits per heavy atom. The molecule has 5 heteroatoms. The number of phenolic OH excluding ortho intramolecular Hbond substituents is 1. The van der Waals surface area contributed by atoms with E-state index in [1.807, 2.05) is 13.8 Å². The van der Waals surface area contributed by atoms with Crippen molar-refractivity contribution in [1.82, 2.24) is 0 Å². The third kappa shape index (κ3) is 2.15. The van der Waals surface area contributed by atoms with Gasteiger partial charge in [0.15, 0.2) is 11.4 Å². The van der Waals surface area contributed by atoms with Gasteiger partial charge in [-0.1, -0.05) is 18.2 Å². The van der Waals surface area contributed by atoms with Crippen LogP contribution in [0.4, 0.5) is 0 Å². The van der Waals surface area contributed by atoms with E-state index in [1.54, 1.807) is 6.07 Å². The highest BCUT2D eigenvalue weighted by Gasteiger charge is 2.57. The number of carbonyl (C=O) groups excluding carboxylic acids is 2. The van der Waals surface area contributed by atoms with Crippen molar-refractivity contribution < 1.29 is 24.9 Å². The summed E-state index contributed by atoms with van der Waals surface area (Å²) in [6.45, 7) is 7.57. The summed E-state index contributed by atoms with van der Waals surface area (Å²) >= 11 is 0. The van der Waals surface area contributed by atoms with Crippen LogP contribution in [0.15, 0.2) is 41.0 Å². The summed E-state index contributed by atoms with van der Waals surface area (Å²) in [6, 6.07) is 3.28. The van der Waals surface area contributed by atoms with Gasteiger partial charge < -0.3 is 15.3 Å². The number of Topliss-reactive ketones (excluding diaryl/α,β-unsaturated/α-hetero) is 1.